The minimum atomic E-state index is -1.06. The fraction of sp³-hybridized carbons (Fsp3) is 0.200. The zero-order valence-electron chi connectivity index (χ0n) is 15.1. The Bertz CT molecular complexity index is 1140. The Morgan fingerprint density at radius 1 is 1.11 bits per heavy atom. The minimum absolute atomic E-state index is 0.0757. The second-order valence-corrected chi connectivity index (χ2v) is 7.43. The van der Waals surface area contributed by atoms with Crippen LogP contribution >= 0.6 is 11.3 Å². The molecule has 0 saturated carbocycles. The minimum Gasteiger partial charge on any atom is -0.496 e. The van der Waals surface area contributed by atoms with Crippen molar-refractivity contribution in [1.29, 1.82) is 0 Å². The summed E-state index contributed by atoms with van der Waals surface area (Å²) in [5.41, 5.74) is 0.975. The van der Waals surface area contributed by atoms with Crippen LogP contribution in [0.5, 0.6) is 5.75 Å². The topological polar surface area (TPSA) is 51.5 Å². The highest BCUT2D eigenvalue weighted by atomic mass is 32.1. The molecule has 2 heterocycles. The van der Waals surface area contributed by atoms with Crippen molar-refractivity contribution in [3.63, 3.8) is 0 Å². The van der Waals surface area contributed by atoms with Crippen LogP contribution in [0.2, 0.25) is 0 Å². The number of anilines is 2. The average Bonchev–Trinajstić information content (AvgIpc) is 2.98. The third kappa shape index (κ3) is 2.80. The quantitative estimate of drug-likeness (QED) is 0.667. The molecule has 0 N–H and O–H groups in total. The molecule has 1 amide bonds. The Labute approximate surface area is 163 Å². The smallest absolute Gasteiger partial charge is 0.308 e. The van der Waals surface area contributed by atoms with Gasteiger partial charge in [-0.15, -0.1) is 0 Å². The first kappa shape index (κ1) is 18.4. The van der Waals surface area contributed by atoms with E-state index in [0.29, 0.717) is 16.4 Å². The number of carbonyl (C=O) groups excluding carboxylic acids is 1. The molecule has 0 saturated heterocycles. The summed E-state index contributed by atoms with van der Waals surface area (Å²) in [5, 5.41) is 0. The number of para-hydroxylation sites is 1. The molecule has 28 heavy (non-hydrogen) atoms. The molecule has 5 nitrogen and oxygen atoms in total. The molecule has 0 radical (unpaired) electrons. The molecule has 0 fully saturated rings. The number of methoxy groups -OCH3 is 1. The molecule has 0 bridgehead atoms. The van der Waals surface area contributed by atoms with Gasteiger partial charge in [-0.25, -0.2) is 8.78 Å². The lowest BCUT2D eigenvalue weighted by Gasteiger charge is -2.32. The Morgan fingerprint density at radius 2 is 1.86 bits per heavy atom. The standard InChI is InChI=1S/C20H16F2N2O3S/c1-23-19-18(28-20(23)26)13(12-5-3-4-6-16(12)27-2)10-17(25)24(19)11-7-8-14(21)15(22)9-11/h3-9,13H,10H2,1-2H3/t13-/m1/s1. The highest BCUT2D eigenvalue weighted by molar-refractivity contribution is 7.10. The number of amides is 1. The van der Waals surface area contributed by atoms with Crippen molar-refractivity contribution in [2.75, 3.05) is 12.0 Å². The molecule has 0 spiro atoms. The molecule has 8 heteroatoms. The Hall–Kier alpha value is -3.00. The lowest BCUT2D eigenvalue weighted by molar-refractivity contribution is -0.118. The first-order valence-electron chi connectivity index (χ1n) is 8.53. The molecule has 4 rings (SSSR count). The fourth-order valence-corrected chi connectivity index (χ4v) is 4.60. The molecular formula is C20H16F2N2O3S. The Morgan fingerprint density at radius 3 is 2.57 bits per heavy atom. The van der Waals surface area contributed by atoms with Crippen molar-refractivity contribution in [1.82, 2.24) is 4.57 Å². The van der Waals surface area contributed by atoms with Gasteiger partial charge in [0.15, 0.2) is 11.6 Å². The summed E-state index contributed by atoms with van der Waals surface area (Å²) in [6.45, 7) is 0. The van der Waals surface area contributed by atoms with E-state index in [0.717, 1.165) is 29.0 Å². The van der Waals surface area contributed by atoms with Gasteiger partial charge in [-0.1, -0.05) is 29.5 Å². The van der Waals surface area contributed by atoms with Crippen LogP contribution in [0.4, 0.5) is 20.3 Å². The maximum Gasteiger partial charge on any atom is 0.308 e. The lowest BCUT2D eigenvalue weighted by Crippen LogP contribution is -2.34. The second kappa shape index (κ2) is 6.87. The van der Waals surface area contributed by atoms with Crippen LogP contribution in [0.1, 0.15) is 22.8 Å². The molecule has 1 aliphatic heterocycles. The van der Waals surface area contributed by atoms with Crippen LogP contribution in [0, 0.1) is 11.6 Å². The highest BCUT2D eigenvalue weighted by Gasteiger charge is 2.38. The van der Waals surface area contributed by atoms with Crippen LogP contribution in [0.25, 0.3) is 0 Å². The third-order valence-electron chi connectivity index (χ3n) is 4.84. The number of benzene rings is 2. The molecule has 1 aromatic heterocycles. The van der Waals surface area contributed by atoms with Gasteiger partial charge in [0, 0.05) is 31.0 Å². The SMILES string of the molecule is COc1ccccc1[C@H]1CC(=O)N(c2ccc(F)c(F)c2)c2c1sc(=O)n2C. The molecular weight excluding hydrogens is 386 g/mol. The molecule has 2 aromatic carbocycles. The number of hydrogen-bond acceptors (Lipinski definition) is 4. The number of ether oxygens (including phenoxy) is 1. The monoisotopic (exact) mass is 402 g/mol. The molecule has 3 aromatic rings. The fourth-order valence-electron chi connectivity index (χ4n) is 3.52. The van der Waals surface area contributed by atoms with Crippen molar-refractivity contribution in [2.24, 2.45) is 7.05 Å². The number of aromatic nitrogens is 1. The highest BCUT2D eigenvalue weighted by Crippen LogP contribution is 2.46. The van der Waals surface area contributed by atoms with Crippen LogP contribution in [0.3, 0.4) is 0 Å². The van der Waals surface area contributed by atoms with Gasteiger partial charge in [0.1, 0.15) is 11.6 Å². The van der Waals surface area contributed by atoms with E-state index in [9.17, 15) is 18.4 Å². The van der Waals surface area contributed by atoms with Gasteiger partial charge in [-0.3, -0.25) is 19.1 Å². The number of rotatable bonds is 3. The van der Waals surface area contributed by atoms with E-state index in [-0.39, 0.29) is 28.8 Å². The normalized spacial score (nSPS) is 16.2. The zero-order valence-corrected chi connectivity index (χ0v) is 15.9. The summed E-state index contributed by atoms with van der Waals surface area (Å²) < 4.78 is 33.9. The second-order valence-electron chi connectivity index (χ2n) is 6.44. The maximum atomic E-state index is 13.8. The Balaban J connectivity index is 1.92. The third-order valence-corrected chi connectivity index (χ3v) is 5.98. The molecule has 0 unspecified atom stereocenters. The van der Waals surface area contributed by atoms with E-state index in [1.54, 1.807) is 20.2 Å². The number of carbonyl (C=O) groups is 1. The maximum absolute atomic E-state index is 13.8. The van der Waals surface area contributed by atoms with Gasteiger partial charge in [0.25, 0.3) is 0 Å². The summed E-state index contributed by atoms with van der Waals surface area (Å²) >= 11 is 1.04. The van der Waals surface area contributed by atoms with E-state index in [4.69, 9.17) is 4.74 Å². The number of fused-ring (bicyclic) bond motifs is 1. The summed E-state index contributed by atoms with van der Waals surface area (Å²) in [5.74, 6) is -1.75. The summed E-state index contributed by atoms with van der Waals surface area (Å²) in [7, 11) is 3.11. The van der Waals surface area contributed by atoms with Crippen molar-refractivity contribution in [3.05, 3.63) is 74.2 Å². The van der Waals surface area contributed by atoms with Crippen molar-refractivity contribution >= 4 is 28.7 Å². The van der Waals surface area contributed by atoms with Crippen molar-refractivity contribution in [2.45, 2.75) is 12.3 Å². The average molecular weight is 402 g/mol. The van der Waals surface area contributed by atoms with Crippen LogP contribution < -0.4 is 14.5 Å². The van der Waals surface area contributed by atoms with Crippen LogP contribution in [0.15, 0.2) is 47.3 Å². The van der Waals surface area contributed by atoms with Crippen LogP contribution in [-0.4, -0.2) is 17.6 Å². The summed E-state index contributed by atoms with van der Waals surface area (Å²) in [6, 6.07) is 10.6. The zero-order chi connectivity index (χ0) is 20.0. The first-order chi connectivity index (χ1) is 13.4. The summed E-state index contributed by atoms with van der Waals surface area (Å²) in [6.07, 6.45) is 0.0757. The predicted molar refractivity (Wildman–Crippen MR) is 103 cm³/mol. The lowest BCUT2D eigenvalue weighted by atomic mass is 9.89. The van der Waals surface area contributed by atoms with Gasteiger partial charge in [-0.2, -0.15) is 0 Å². The summed E-state index contributed by atoms with van der Waals surface area (Å²) in [4.78, 5) is 27.2. The number of halogens is 2. The molecule has 144 valence electrons. The molecule has 1 aliphatic rings. The predicted octanol–water partition coefficient (Wildman–Crippen LogP) is 3.93. The van der Waals surface area contributed by atoms with Gasteiger partial charge in [0.2, 0.25) is 5.91 Å². The number of nitrogens with zero attached hydrogens (tertiary/aromatic N) is 2. The van der Waals surface area contributed by atoms with Crippen molar-refractivity contribution in [3.8, 4) is 5.75 Å². The Kier molecular flexibility index (Phi) is 4.50. The van der Waals surface area contributed by atoms with E-state index in [1.165, 1.54) is 15.5 Å². The molecule has 0 aliphatic carbocycles. The van der Waals surface area contributed by atoms with E-state index in [1.807, 2.05) is 18.2 Å². The van der Waals surface area contributed by atoms with Gasteiger partial charge in [-0.05, 0) is 18.2 Å². The van der Waals surface area contributed by atoms with E-state index >= 15 is 0 Å². The van der Waals surface area contributed by atoms with Gasteiger partial charge in [0.05, 0.1) is 17.7 Å². The number of thiazole rings is 1. The molecule has 1 atom stereocenters. The van der Waals surface area contributed by atoms with Crippen LogP contribution in [-0.2, 0) is 11.8 Å². The first-order valence-corrected chi connectivity index (χ1v) is 9.34. The van der Waals surface area contributed by atoms with E-state index in [2.05, 4.69) is 0 Å². The van der Waals surface area contributed by atoms with Gasteiger partial charge < -0.3 is 4.74 Å². The van der Waals surface area contributed by atoms with Crippen molar-refractivity contribution < 1.29 is 18.3 Å². The van der Waals surface area contributed by atoms with Gasteiger partial charge >= 0.3 is 4.87 Å². The van der Waals surface area contributed by atoms with E-state index < -0.39 is 11.6 Å². The largest absolute Gasteiger partial charge is 0.496 e. The number of hydrogen-bond donors (Lipinski definition) is 0.